The van der Waals surface area contributed by atoms with Gasteiger partial charge in [0.05, 0.1) is 63.1 Å². The van der Waals surface area contributed by atoms with Gasteiger partial charge in [-0.2, -0.15) is 10.2 Å². The van der Waals surface area contributed by atoms with E-state index >= 15 is 0 Å². The van der Waals surface area contributed by atoms with E-state index in [0.717, 1.165) is 18.5 Å². The van der Waals surface area contributed by atoms with E-state index in [-0.39, 0.29) is 37.2 Å². The summed E-state index contributed by atoms with van der Waals surface area (Å²) in [5.74, 6) is 2.78. The smallest absolute Gasteiger partial charge is 0.407 e. The second kappa shape index (κ2) is 17.2. The second-order valence-electron chi connectivity index (χ2n) is 12.0. The van der Waals surface area contributed by atoms with Gasteiger partial charge in [0.2, 0.25) is 0 Å². The van der Waals surface area contributed by atoms with E-state index in [2.05, 4.69) is 21.7 Å². The molecule has 0 aromatic carbocycles. The van der Waals surface area contributed by atoms with Crippen molar-refractivity contribution >= 4 is 17.8 Å². The third-order valence-electron chi connectivity index (χ3n) is 6.82. The van der Waals surface area contributed by atoms with Crippen molar-refractivity contribution in [3.63, 3.8) is 0 Å². The topological polar surface area (TPSA) is 140 Å². The summed E-state index contributed by atoms with van der Waals surface area (Å²) < 4.78 is 30.6. The van der Waals surface area contributed by atoms with Crippen LogP contribution in [0.2, 0.25) is 0 Å². The fourth-order valence-electron chi connectivity index (χ4n) is 4.88. The van der Waals surface area contributed by atoms with E-state index in [0.29, 0.717) is 63.2 Å². The zero-order valence-electron chi connectivity index (χ0n) is 26.9. The standard InChI is InChI=1S/C31H48N6O7/c1-8-12-41-14-16-43-17-15-42-13-11-36-27(19-24(34-36)21-40-7)29(38)33-28-20-26(35-37(28)31(4,5)6)23-9-10-25(18-23)44-30(39)32-22(2)3/h1,19-20,22-23,25H,9-18,21H2,2-7H3,(H,32,39)(H,33,38)/t23-,25+/m0/s1. The molecular weight excluding hydrogens is 568 g/mol. The lowest BCUT2D eigenvalue weighted by atomic mass is 10.0. The van der Waals surface area contributed by atoms with Crippen LogP contribution in [0, 0.1) is 12.3 Å². The molecule has 13 nitrogen and oxygen atoms in total. The fraction of sp³-hybridized carbons (Fsp3) is 0.677. The van der Waals surface area contributed by atoms with Crippen LogP contribution in [0.3, 0.4) is 0 Å². The third kappa shape index (κ3) is 10.9. The summed E-state index contributed by atoms with van der Waals surface area (Å²) in [6, 6.07) is 3.65. The van der Waals surface area contributed by atoms with Gasteiger partial charge < -0.3 is 34.3 Å². The van der Waals surface area contributed by atoms with Crippen molar-refractivity contribution in [3.05, 3.63) is 29.2 Å². The first kappa shape index (κ1) is 35.0. The largest absolute Gasteiger partial charge is 0.446 e. The number of terminal acetylenes is 1. The number of ether oxygens (including phenoxy) is 5. The second-order valence-corrected chi connectivity index (χ2v) is 12.0. The molecule has 2 atom stereocenters. The predicted molar refractivity (Wildman–Crippen MR) is 165 cm³/mol. The number of amides is 2. The Morgan fingerprint density at radius 1 is 1.07 bits per heavy atom. The Balaban J connectivity index is 1.63. The van der Waals surface area contributed by atoms with Crippen LogP contribution in [-0.4, -0.2) is 90.5 Å². The lowest BCUT2D eigenvalue weighted by Crippen LogP contribution is -2.33. The predicted octanol–water partition coefficient (Wildman–Crippen LogP) is 3.69. The SMILES string of the molecule is C#CCOCCOCCOCCn1nc(COC)cc1C(=O)Nc1cc([C@H]2CC[C@@H](OC(=O)NC(C)C)C2)nn1C(C)(C)C. The molecule has 1 saturated carbocycles. The quantitative estimate of drug-likeness (QED) is 0.201. The van der Waals surface area contributed by atoms with E-state index in [1.54, 1.807) is 17.9 Å². The van der Waals surface area contributed by atoms with Gasteiger partial charge in [-0.25, -0.2) is 9.48 Å². The molecule has 1 fully saturated rings. The molecule has 2 N–H and O–H groups in total. The van der Waals surface area contributed by atoms with Gasteiger partial charge in [0, 0.05) is 25.1 Å². The number of rotatable bonds is 17. The number of nitrogens with zero attached hydrogens (tertiary/aromatic N) is 4. The van der Waals surface area contributed by atoms with Gasteiger partial charge in [-0.1, -0.05) is 5.92 Å². The lowest BCUT2D eigenvalue weighted by Gasteiger charge is -2.22. The molecule has 2 amide bonds. The first-order chi connectivity index (χ1) is 21.0. The Labute approximate surface area is 260 Å². The highest BCUT2D eigenvalue weighted by molar-refractivity contribution is 6.02. The van der Waals surface area contributed by atoms with Gasteiger partial charge >= 0.3 is 6.09 Å². The third-order valence-corrected chi connectivity index (χ3v) is 6.82. The van der Waals surface area contributed by atoms with Crippen LogP contribution in [0.15, 0.2) is 12.1 Å². The minimum atomic E-state index is -0.399. The maximum Gasteiger partial charge on any atom is 0.407 e. The summed E-state index contributed by atoms with van der Waals surface area (Å²) in [5, 5.41) is 15.3. The fourth-order valence-corrected chi connectivity index (χ4v) is 4.88. The molecule has 0 unspecified atom stereocenters. The normalized spacial score (nSPS) is 16.7. The number of alkyl carbamates (subject to hydrolysis) is 1. The molecule has 13 heteroatoms. The summed E-state index contributed by atoms with van der Waals surface area (Å²) in [7, 11) is 1.58. The van der Waals surface area contributed by atoms with Gasteiger partial charge in [0.25, 0.3) is 5.91 Å². The number of nitrogens with one attached hydrogen (secondary N) is 2. The molecule has 44 heavy (non-hydrogen) atoms. The Bertz CT molecular complexity index is 1240. The van der Waals surface area contributed by atoms with Gasteiger partial charge in [-0.3, -0.25) is 9.48 Å². The monoisotopic (exact) mass is 616 g/mol. The molecular formula is C31H48N6O7. The summed E-state index contributed by atoms with van der Waals surface area (Å²) in [5.41, 5.74) is 1.49. The van der Waals surface area contributed by atoms with Crippen LogP contribution in [0.5, 0.6) is 0 Å². The molecule has 3 rings (SSSR count). The average Bonchev–Trinajstić information content (AvgIpc) is 3.68. The van der Waals surface area contributed by atoms with E-state index < -0.39 is 11.6 Å². The molecule has 1 aliphatic rings. The van der Waals surface area contributed by atoms with E-state index in [4.69, 9.17) is 35.2 Å². The maximum absolute atomic E-state index is 13.6. The first-order valence-corrected chi connectivity index (χ1v) is 15.1. The number of methoxy groups -OCH3 is 1. The number of hydrogen-bond acceptors (Lipinski definition) is 9. The molecule has 0 aliphatic heterocycles. The Hall–Kier alpha value is -3.44. The van der Waals surface area contributed by atoms with Gasteiger partial charge in [-0.05, 0) is 59.9 Å². The van der Waals surface area contributed by atoms with Gasteiger partial charge in [-0.15, -0.1) is 6.42 Å². The van der Waals surface area contributed by atoms with E-state index in [9.17, 15) is 9.59 Å². The van der Waals surface area contributed by atoms with Crippen LogP contribution >= 0.6 is 0 Å². The van der Waals surface area contributed by atoms with Crippen molar-refractivity contribution in [2.75, 3.05) is 52.1 Å². The number of aromatic nitrogens is 4. The minimum Gasteiger partial charge on any atom is -0.446 e. The molecule has 0 bridgehead atoms. The molecule has 1 aliphatic carbocycles. The number of anilines is 1. The zero-order chi connectivity index (χ0) is 32.1. The molecule has 0 saturated heterocycles. The Morgan fingerprint density at radius 2 is 1.77 bits per heavy atom. The van der Waals surface area contributed by atoms with Crippen molar-refractivity contribution in [1.82, 2.24) is 24.9 Å². The minimum absolute atomic E-state index is 0.0123. The highest BCUT2D eigenvalue weighted by Crippen LogP contribution is 2.37. The number of hydrogen-bond donors (Lipinski definition) is 2. The highest BCUT2D eigenvalue weighted by Gasteiger charge is 2.32. The molecule has 0 radical (unpaired) electrons. The summed E-state index contributed by atoms with van der Waals surface area (Å²) in [6.07, 6.45) is 6.84. The van der Waals surface area contributed by atoms with Crippen molar-refractivity contribution in [1.29, 1.82) is 0 Å². The summed E-state index contributed by atoms with van der Waals surface area (Å²) >= 11 is 0. The lowest BCUT2D eigenvalue weighted by molar-refractivity contribution is 0.0181. The summed E-state index contributed by atoms with van der Waals surface area (Å²) in [6.45, 7) is 12.8. The molecule has 0 spiro atoms. The van der Waals surface area contributed by atoms with Crippen molar-refractivity contribution in [2.45, 2.75) is 90.6 Å². The van der Waals surface area contributed by atoms with E-state index in [1.165, 1.54) is 0 Å². The van der Waals surface area contributed by atoms with Crippen molar-refractivity contribution in [2.24, 2.45) is 0 Å². The molecule has 2 heterocycles. The van der Waals surface area contributed by atoms with Gasteiger partial charge in [0.1, 0.15) is 24.2 Å². The molecule has 244 valence electrons. The summed E-state index contributed by atoms with van der Waals surface area (Å²) in [4.78, 5) is 25.7. The number of carbonyl (C=O) groups is 2. The van der Waals surface area contributed by atoms with Crippen molar-refractivity contribution < 1.29 is 33.3 Å². The van der Waals surface area contributed by atoms with Crippen LogP contribution in [-0.2, 0) is 42.4 Å². The van der Waals surface area contributed by atoms with Crippen LogP contribution in [0.4, 0.5) is 10.6 Å². The highest BCUT2D eigenvalue weighted by atomic mass is 16.6. The van der Waals surface area contributed by atoms with Gasteiger partial charge in [0.15, 0.2) is 0 Å². The van der Waals surface area contributed by atoms with Crippen molar-refractivity contribution in [3.8, 4) is 12.3 Å². The number of carbonyl (C=O) groups excluding carboxylic acids is 2. The zero-order valence-corrected chi connectivity index (χ0v) is 26.9. The maximum atomic E-state index is 13.6. The first-order valence-electron chi connectivity index (χ1n) is 15.1. The Kier molecular flexibility index (Phi) is 13.7. The van der Waals surface area contributed by atoms with Crippen LogP contribution in [0.1, 0.15) is 81.7 Å². The van der Waals surface area contributed by atoms with Crippen LogP contribution < -0.4 is 10.6 Å². The molecule has 2 aromatic heterocycles. The Morgan fingerprint density at radius 3 is 2.43 bits per heavy atom. The van der Waals surface area contributed by atoms with Crippen LogP contribution in [0.25, 0.3) is 0 Å². The average molecular weight is 617 g/mol. The molecule has 2 aromatic rings. The van der Waals surface area contributed by atoms with E-state index in [1.807, 2.05) is 45.4 Å².